The third-order valence-electron chi connectivity index (χ3n) is 4.97. The van der Waals surface area contributed by atoms with Crippen molar-refractivity contribution >= 4 is 17.2 Å². The monoisotopic (exact) mass is 331 g/mol. The van der Waals surface area contributed by atoms with E-state index in [0.717, 1.165) is 39.0 Å². The Balaban J connectivity index is 1.80. The fourth-order valence-corrected chi connectivity index (χ4v) is 3.29. The highest BCUT2D eigenvalue weighted by Crippen LogP contribution is 2.36. The highest BCUT2D eigenvalue weighted by Gasteiger charge is 2.33. The number of benzene rings is 1. The molecule has 2 aliphatic rings. The Kier molecular flexibility index (Phi) is 4.34. The van der Waals surface area contributed by atoms with Crippen LogP contribution in [0.25, 0.3) is 0 Å². The van der Waals surface area contributed by atoms with E-state index in [0.29, 0.717) is 11.3 Å². The molecule has 1 saturated heterocycles. The quantitative estimate of drug-likeness (QED) is 0.482. The van der Waals surface area contributed by atoms with Crippen molar-refractivity contribution in [1.82, 2.24) is 4.90 Å². The summed E-state index contributed by atoms with van der Waals surface area (Å²) in [5, 5.41) is 11.5. The van der Waals surface area contributed by atoms with E-state index in [1.54, 1.807) is 12.1 Å². The molecule has 130 valence electrons. The highest BCUT2D eigenvalue weighted by molar-refractivity contribution is 6.00. The Morgan fingerprint density at radius 1 is 1.17 bits per heavy atom. The van der Waals surface area contributed by atoms with Gasteiger partial charge in [0.15, 0.2) is 5.78 Å². The van der Waals surface area contributed by atoms with Crippen LogP contribution in [-0.2, 0) is 0 Å². The lowest BCUT2D eigenvalue weighted by Crippen LogP contribution is -2.53. The van der Waals surface area contributed by atoms with Crippen LogP contribution in [0, 0.1) is 16.0 Å². The SMILES string of the molecule is CC(C)(C)N1CCN(c2ccc(C(=O)C3CC3)cc2[N+](=O)[O-])CC1. The standard InChI is InChI=1S/C18H25N3O3/c1-18(2,3)20-10-8-19(9-11-20)15-7-6-14(12-16(15)21(23)24)17(22)13-4-5-13/h6-7,12-13H,4-5,8-11H2,1-3H3. The van der Waals surface area contributed by atoms with E-state index in [2.05, 4.69) is 30.6 Å². The van der Waals surface area contributed by atoms with Gasteiger partial charge in [-0.15, -0.1) is 0 Å². The summed E-state index contributed by atoms with van der Waals surface area (Å²) in [7, 11) is 0. The molecule has 1 saturated carbocycles. The average Bonchev–Trinajstić information content (AvgIpc) is 3.38. The van der Waals surface area contributed by atoms with Crippen LogP contribution in [0.15, 0.2) is 18.2 Å². The van der Waals surface area contributed by atoms with Gasteiger partial charge < -0.3 is 4.90 Å². The number of piperazine rings is 1. The molecular weight excluding hydrogens is 306 g/mol. The van der Waals surface area contributed by atoms with Crippen molar-refractivity contribution < 1.29 is 9.72 Å². The number of anilines is 1. The van der Waals surface area contributed by atoms with Crippen LogP contribution in [0.1, 0.15) is 44.0 Å². The molecule has 1 aliphatic heterocycles. The van der Waals surface area contributed by atoms with Crippen molar-refractivity contribution in [2.75, 3.05) is 31.1 Å². The van der Waals surface area contributed by atoms with Crippen molar-refractivity contribution in [1.29, 1.82) is 0 Å². The molecule has 24 heavy (non-hydrogen) atoms. The molecule has 0 amide bonds. The molecule has 3 rings (SSSR count). The number of carbonyl (C=O) groups excluding carboxylic acids is 1. The first kappa shape index (κ1) is 16.9. The fraction of sp³-hybridized carbons (Fsp3) is 0.611. The maximum atomic E-state index is 12.2. The van der Waals surface area contributed by atoms with E-state index in [1.165, 1.54) is 6.07 Å². The lowest BCUT2D eigenvalue weighted by molar-refractivity contribution is -0.384. The summed E-state index contributed by atoms with van der Waals surface area (Å²) in [6.45, 7) is 9.82. The number of hydrogen-bond acceptors (Lipinski definition) is 5. The van der Waals surface area contributed by atoms with E-state index >= 15 is 0 Å². The number of hydrogen-bond donors (Lipinski definition) is 0. The van der Waals surface area contributed by atoms with E-state index in [9.17, 15) is 14.9 Å². The third-order valence-corrected chi connectivity index (χ3v) is 4.97. The van der Waals surface area contributed by atoms with Crippen molar-refractivity contribution in [3.8, 4) is 0 Å². The molecule has 6 nitrogen and oxygen atoms in total. The zero-order valence-corrected chi connectivity index (χ0v) is 14.6. The first-order valence-electron chi connectivity index (χ1n) is 8.60. The zero-order chi connectivity index (χ0) is 17.5. The summed E-state index contributed by atoms with van der Waals surface area (Å²) >= 11 is 0. The lowest BCUT2D eigenvalue weighted by Gasteiger charge is -2.42. The molecule has 0 unspecified atom stereocenters. The van der Waals surface area contributed by atoms with E-state index < -0.39 is 0 Å². The maximum Gasteiger partial charge on any atom is 0.293 e. The molecular formula is C18H25N3O3. The molecule has 0 N–H and O–H groups in total. The average molecular weight is 331 g/mol. The third kappa shape index (κ3) is 3.43. The van der Waals surface area contributed by atoms with Crippen molar-refractivity contribution in [2.45, 2.75) is 39.2 Å². The molecule has 1 aromatic rings. The Morgan fingerprint density at radius 3 is 2.29 bits per heavy atom. The molecule has 0 aromatic heterocycles. The molecule has 6 heteroatoms. The van der Waals surface area contributed by atoms with Gasteiger partial charge in [-0.1, -0.05) is 0 Å². The molecule has 0 bridgehead atoms. The number of ketones is 1. The Bertz CT molecular complexity index is 654. The minimum atomic E-state index is -0.366. The molecule has 1 heterocycles. The van der Waals surface area contributed by atoms with E-state index in [-0.39, 0.29) is 27.9 Å². The summed E-state index contributed by atoms with van der Waals surface area (Å²) < 4.78 is 0. The van der Waals surface area contributed by atoms with Crippen molar-refractivity contribution in [3.63, 3.8) is 0 Å². The second kappa shape index (κ2) is 6.16. The second-order valence-electron chi connectivity index (χ2n) is 7.74. The van der Waals surface area contributed by atoms with Crippen LogP contribution < -0.4 is 4.90 Å². The minimum absolute atomic E-state index is 0.0437. The second-order valence-corrected chi connectivity index (χ2v) is 7.74. The summed E-state index contributed by atoms with van der Waals surface area (Å²) in [5.74, 6) is 0.119. The summed E-state index contributed by atoms with van der Waals surface area (Å²) in [5.41, 5.74) is 1.26. The normalized spacial score (nSPS) is 19.4. The summed E-state index contributed by atoms with van der Waals surface area (Å²) in [6.07, 6.45) is 1.81. The fourth-order valence-electron chi connectivity index (χ4n) is 3.29. The number of nitrogens with zero attached hydrogens (tertiary/aromatic N) is 3. The first-order chi connectivity index (χ1) is 11.3. The summed E-state index contributed by atoms with van der Waals surface area (Å²) in [6, 6.07) is 4.96. The first-order valence-corrected chi connectivity index (χ1v) is 8.60. The van der Waals surface area contributed by atoms with Crippen LogP contribution >= 0.6 is 0 Å². The van der Waals surface area contributed by atoms with Gasteiger partial charge in [0, 0.05) is 49.3 Å². The smallest absolute Gasteiger partial charge is 0.293 e. The van der Waals surface area contributed by atoms with Gasteiger partial charge in [-0.25, -0.2) is 0 Å². The van der Waals surface area contributed by atoms with Gasteiger partial charge in [0.1, 0.15) is 5.69 Å². The van der Waals surface area contributed by atoms with Gasteiger partial charge in [0.05, 0.1) is 4.92 Å². The number of carbonyl (C=O) groups is 1. The van der Waals surface area contributed by atoms with Crippen molar-refractivity contribution in [2.24, 2.45) is 5.92 Å². The van der Waals surface area contributed by atoms with Crippen LogP contribution in [0.5, 0.6) is 0 Å². The molecule has 0 radical (unpaired) electrons. The predicted molar refractivity (Wildman–Crippen MR) is 93.7 cm³/mol. The Hall–Kier alpha value is -1.95. The Morgan fingerprint density at radius 2 is 1.79 bits per heavy atom. The minimum Gasteiger partial charge on any atom is -0.363 e. The van der Waals surface area contributed by atoms with E-state index in [4.69, 9.17) is 0 Å². The molecule has 1 aliphatic carbocycles. The van der Waals surface area contributed by atoms with Gasteiger partial charge in [0.2, 0.25) is 0 Å². The largest absolute Gasteiger partial charge is 0.363 e. The van der Waals surface area contributed by atoms with E-state index in [1.807, 2.05) is 0 Å². The molecule has 0 atom stereocenters. The number of rotatable bonds is 4. The van der Waals surface area contributed by atoms with Gasteiger partial charge in [-0.3, -0.25) is 19.8 Å². The van der Waals surface area contributed by atoms with Crippen LogP contribution in [0.4, 0.5) is 11.4 Å². The summed E-state index contributed by atoms with van der Waals surface area (Å²) in [4.78, 5) is 27.8. The van der Waals surface area contributed by atoms with Gasteiger partial charge in [0.25, 0.3) is 5.69 Å². The molecule has 2 fully saturated rings. The van der Waals surface area contributed by atoms with Crippen LogP contribution in [0.3, 0.4) is 0 Å². The van der Waals surface area contributed by atoms with Gasteiger partial charge in [-0.05, 0) is 45.7 Å². The number of nitro benzene ring substituents is 1. The van der Waals surface area contributed by atoms with Crippen LogP contribution in [-0.4, -0.2) is 47.3 Å². The predicted octanol–water partition coefficient (Wildman–Crippen LogP) is 3.11. The molecule has 1 aromatic carbocycles. The van der Waals surface area contributed by atoms with Gasteiger partial charge >= 0.3 is 0 Å². The maximum absolute atomic E-state index is 12.2. The van der Waals surface area contributed by atoms with Gasteiger partial charge in [-0.2, -0.15) is 0 Å². The van der Waals surface area contributed by atoms with Crippen molar-refractivity contribution in [3.05, 3.63) is 33.9 Å². The topological polar surface area (TPSA) is 66.7 Å². The zero-order valence-electron chi connectivity index (χ0n) is 14.6. The lowest BCUT2D eigenvalue weighted by atomic mass is 10.0. The van der Waals surface area contributed by atoms with Crippen LogP contribution in [0.2, 0.25) is 0 Å². The number of nitro groups is 1. The Labute approximate surface area is 142 Å². The molecule has 0 spiro atoms. The highest BCUT2D eigenvalue weighted by atomic mass is 16.6. The number of Topliss-reactive ketones (excluding diaryl/α,β-unsaturated/α-hetero) is 1.